The van der Waals surface area contributed by atoms with Crippen molar-refractivity contribution in [3.8, 4) is 0 Å². The first-order chi connectivity index (χ1) is 12.0. The van der Waals surface area contributed by atoms with Gasteiger partial charge in [-0.15, -0.1) is 0 Å². The van der Waals surface area contributed by atoms with Crippen LogP contribution in [-0.4, -0.2) is 73.2 Å². The molecule has 0 radical (unpaired) electrons. The topological polar surface area (TPSA) is 47.0 Å². The molecule has 6 heteroatoms. The SMILES string of the molecule is CN(CC(=O)N1CCN(c2ccc(F)cc2)CC1)CC1CCCC1O. The van der Waals surface area contributed by atoms with E-state index in [1.165, 1.54) is 12.1 Å². The van der Waals surface area contributed by atoms with Gasteiger partial charge in [-0.05, 0) is 50.1 Å². The number of likely N-dealkylation sites (N-methyl/N-ethyl adjacent to an activating group) is 1. The number of rotatable bonds is 5. The Bertz CT molecular complexity index is 573. The minimum atomic E-state index is -0.229. The van der Waals surface area contributed by atoms with Crippen molar-refractivity contribution in [2.45, 2.75) is 25.4 Å². The number of aliphatic hydroxyl groups excluding tert-OH is 1. The molecule has 1 aliphatic carbocycles. The fourth-order valence-electron chi connectivity index (χ4n) is 3.89. The quantitative estimate of drug-likeness (QED) is 0.877. The monoisotopic (exact) mass is 349 g/mol. The minimum Gasteiger partial charge on any atom is -0.393 e. The second kappa shape index (κ2) is 8.15. The van der Waals surface area contributed by atoms with Crippen molar-refractivity contribution in [2.75, 3.05) is 51.2 Å². The average Bonchev–Trinajstić information content (AvgIpc) is 3.00. The fraction of sp³-hybridized carbons (Fsp3) is 0.632. The fourth-order valence-corrected chi connectivity index (χ4v) is 3.89. The van der Waals surface area contributed by atoms with E-state index >= 15 is 0 Å². The number of carbonyl (C=O) groups is 1. The second-order valence-electron chi connectivity index (χ2n) is 7.30. The Labute approximate surface area is 149 Å². The van der Waals surface area contributed by atoms with Crippen molar-refractivity contribution >= 4 is 11.6 Å². The van der Waals surface area contributed by atoms with Gasteiger partial charge < -0.3 is 14.9 Å². The molecular weight excluding hydrogens is 321 g/mol. The highest BCUT2D eigenvalue weighted by molar-refractivity contribution is 5.78. The molecule has 25 heavy (non-hydrogen) atoms. The van der Waals surface area contributed by atoms with Crippen molar-refractivity contribution in [1.29, 1.82) is 0 Å². The summed E-state index contributed by atoms with van der Waals surface area (Å²) in [5, 5.41) is 9.92. The molecule has 2 fully saturated rings. The maximum Gasteiger partial charge on any atom is 0.236 e. The lowest BCUT2D eigenvalue weighted by Crippen LogP contribution is -2.51. The van der Waals surface area contributed by atoms with Gasteiger partial charge in [-0.2, -0.15) is 0 Å². The third-order valence-corrected chi connectivity index (χ3v) is 5.39. The molecule has 2 aliphatic rings. The summed E-state index contributed by atoms with van der Waals surface area (Å²) in [5.74, 6) is 0.217. The summed E-state index contributed by atoms with van der Waals surface area (Å²) in [7, 11) is 1.96. The summed E-state index contributed by atoms with van der Waals surface area (Å²) < 4.78 is 13.0. The Morgan fingerprint density at radius 3 is 2.48 bits per heavy atom. The van der Waals surface area contributed by atoms with Crippen LogP contribution in [0.4, 0.5) is 10.1 Å². The number of carbonyl (C=O) groups excluding carboxylic acids is 1. The van der Waals surface area contributed by atoms with E-state index in [9.17, 15) is 14.3 Å². The van der Waals surface area contributed by atoms with E-state index in [-0.39, 0.29) is 17.8 Å². The van der Waals surface area contributed by atoms with Crippen molar-refractivity contribution in [2.24, 2.45) is 5.92 Å². The van der Waals surface area contributed by atoms with Crippen molar-refractivity contribution < 1.29 is 14.3 Å². The van der Waals surface area contributed by atoms with Gasteiger partial charge in [-0.1, -0.05) is 6.42 Å². The smallest absolute Gasteiger partial charge is 0.236 e. The number of nitrogens with zero attached hydrogens (tertiary/aromatic N) is 3. The summed E-state index contributed by atoms with van der Waals surface area (Å²) >= 11 is 0. The molecule has 0 aromatic heterocycles. The van der Waals surface area contributed by atoms with Crippen LogP contribution >= 0.6 is 0 Å². The summed E-state index contributed by atoms with van der Waals surface area (Å²) in [6, 6.07) is 6.51. The molecule has 2 atom stereocenters. The molecule has 3 rings (SSSR count). The molecule has 1 aromatic rings. The lowest BCUT2D eigenvalue weighted by molar-refractivity contribution is -0.132. The molecule has 1 heterocycles. The van der Waals surface area contributed by atoms with Gasteiger partial charge in [0.05, 0.1) is 12.6 Å². The van der Waals surface area contributed by atoms with E-state index in [0.717, 1.165) is 44.6 Å². The molecular formula is C19H28FN3O2. The number of benzene rings is 1. The number of halogens is 1. The van der Waals surface area contributed by atoms with Crippen molar-refractivity contribution in [3.05, 3.63) is 30.1 Å². The highest BCUT2D eigenvalue weighted by atomic mass is 19.1. The zero-order valence-corrected chi connectivity index (χ0v) is 14.9. The highest BCUT2D eigenvalue weighted by Crippen LogP contribution is 2.26. The Morgan fingerprint density at radius 1 is 1.20 bits per heavy atom. The number of hydrogen-bond donors (Lipinski definition) is 1. The molecule has 138 valence electrons. The molecule has 2 unspecified atom stereocenters. The van der Waals surface area contributed by atoms with Gasteiger partial charge in [0.2, 0.25) is 5.91 Å². The predicted molar refractivity (Wildman–Crippen MR) is 96.0 cm³/mol. The Morgan fingerprint density at radius 2 is 1.88 bits per heavy atom. The third-order valence-electron chi connectivity index (χ3n) is 5.39. The molecule has 1 amide bonds. The van der Waals surface area contributed by atoms with Gasteiger partial charge in [0.15, 0.2) is 0 Å². The molecule has 1 saturated heterocycles. The number of hydrogen-bond acceptors (Lipinski definition) is 4. The van der Waals surface area contributed by atoms with Crippen LogP contribution in [0.25, 0.3) is 0 Å². The number of aliphatic hydroxyl groups is 1. The van der Waals surface area contributed by atoms with E-state index in [0.29, 0.717) is 25.6 Å². The number of amides is 1. The zero-order chi connectivity index (χ0) is 17.8. The summed E-state index contributed by atoms with van der Waals surface area (Å²) in [4.78, 5) is 18.6. The van der Waals surface area contributed by atoms with Crippen LogP contribution in [0.5, 0.6) is 0 Å². The van der Waals surface area contributed by atoms with Gasteiger partial charge >= 0.3 is 0 Å². The number of anilines is 1. The molecule has 1 N–H and O–H groups in total. The molecule has 1 saturated carbocycles. The maximum atomic E-state index is 13.0. The van der Waals surface area contributed by atoms with Crippen molar-refractivity contribution in [3.63, 3.8) is 0 Å². The van der Waals surface area contributed by atoms with Gasteiger partial charge in [-0.25, -0.2) is 4.39 Å². The lowest BCUT2D eigenvalue weighted by Gasteiger charge is -2.37. The van der Waals surface area contributed by atoms with Crippen LogP contribution < -0.4 is 4.90 Å². The maximum absolute atomic E-state index is 13.0. The Hall–Kier alpha value is -1.66. The predicted octanol–water partition coefficient (Wildman–Crippen LogP) is 1.57. The van der Waals surface area contributed by atoms with Gasteiger partial charge in [0.1, 0.15) is 5.82 Å². The van der Waals surface area contributed by atoms with Gasteiger partial charge in [-0.3, -0.25) is 9.69 Å². The second-order valence-corrected chi connectivity index (χ2v) is 7.30. The molecule has 0 bridgehead atoms. The van der Waals surface area contributed by atoms with Crippen LogP contribution in [0.3, 0.4) is 0 Å². The molecule has 5 nitrogen and oxygen atoms in total. The summed E-state index contributed by atoms with van der Waals surface area (Å²) in [5.41, 5.74) is 1.00. The molecule has 0 spiro atoms. The normalized spacial score (nSPS) is 24.2. The zero-order valence-electron chi connectivity index (χ0n) is 14.9. The lowest BCUT2D eigenvalue weighted by atomic mass is 10.1. The van der Waals surface area contributed by atoms with Crippen LogP contribution in [-0.2, 0) is 4.79 Å². The van der Waals surface area contributed by atoms with Crippen LogP contribution in [0.1, 0.15) is 19.3 Å². The van der Waals surface area contributed by atoms with E-state index in [4.69, 9.17) is 0 Å². The van der Waals surface area contributed by atoms with Crippen LogP contribution in [0, 0.1) is 11.7 Å². The Kier molecular flexibility index (Phi) is 5.91. The first kappa shape index (κ1) is 18.1. The van der Waals surface area contributed by atoms with Crippen LogP contribution in [0.15, 0.2) is 24.3 Å². The minimum absolute atomic E-state index is 0.147. The summed E-state index contributed by atoms with van der Waals surface area (Å²) in [6.45, 7) is 4.10. The largest absolute Gasteiger partial charge is 0.393 e. The number of piperazine rings is 1. The third kappa shape index (κ3) is 4.70. The van der Waals surface area contributed by atoms with Gasteiger partial charge in [0, 0.05) is 38.4 Å². The molecule has 1 aliphatic heterocycles. The van der Waals surface area contributed by atoms with Gasteiger partial charge in [0.25, 0.3) is 0 Å². The highest BCUT2D eigenvalue weighted by Gasteiger charge is 2.28. The van der Waals surface area contributed by atoms with Crippen molar-refractivity contribution in [1.82, 2.24) is 9.80 Å². The first-order valence-electron chi connectivity index (χ1n) is 9.18. The summed E-state index contributed by atoms with van der Waals surface area (Å²) in [6.07, 6.45) is 2.81. The first-order valence-corrected chi connectivity index (χ1v) is 9.18. The van der Waals surface area contributed by atoms with E-state index in [1.807, 2.05) is 16.8 Å². The molecule has 1 aromatic carbocycles. The van der Waals surface area contributed by atoms with E-state index in [2.05, 4.69) is 4.90 Å². The Balaban J connectivity index is 1.44. The average molecular weight is 349 g/mol. The van der Waals surface area contributed by atoms with E-state index < -0.39 is 0 Å². The van der Waals surface area contributed by atoms with E-state index in [1.54, 1.807) is 12.1 Å². The van der Waals surface area contributed by atoms with Crippen LogP contribution in [0.2, 0.25) is 0 Å². The standard InChI is InChI=1S/C19H28FN3O2/c1-21(13-15-3-2-4-18(15)24)14-19(25)23-11-9-22(10-12-23)17-7-5-16(20)6-8-17/h5-8,15,18,24H,2-4,9-14H2,1H3.